The molecule has 0 aliphatic heterocycles. The lowest BCUT2D eigenvalue weighted by Gasteiger charge is -2.17. The van der Waals surface area contributed by atoms with Gasteiger partial charge in [0, 0.05) is 23.9 Å². The highest BCUT2D eigenvalue weighted by Gasteiger charge is 2.19. The van der Waals surface area contributed by atoms with Crippen LogP contribution in [-0.4, -0.2) is 38.2 Å². The van der Waals surface area contributed by atoms with Crippen molar-refractivity contribution in [3.8, 4) is 11.1 Å². The van der Waals surface area contributed by atoms with Crippen molar-refractivity contribution in [2.24, 2.45) is 0 Å². The molecule has 2 heterocycles. The second-order valence-corrected chi connectivity index (χ2v) is 8.26. The molecular weight excluding hydrogens is 386 g/mol. The lowest BCUT2D eigenvalue weighted by atomic mass is 10.0. The van der Waals surface area contributed by atoms with Crippen LogP contribution in [0.4, 0.5) is 0 Å². The van der Waals surface area contributed by atoms with Gasteiger partial charge in [-0.25, -0.2) is 0 Å². The fourth-order valence-electron chi connectivity index (χ4n) is 4.39. The summed E-state index contributed by atoms with van der Waals surface area (Å²) in [6, 6.07) is 14.0. The van der Waals surface area contributed by atoms with Gasteiger partial charge in [0.15, 0.2) is 0 Å². The van der Waals surface area contributed by atoms with E-state index in [9.17, 15) is 4.79 Å². The number of fused-ring (bicyclic) bond motifs is 2. The van der Waals surface area contributed by atoms with Gasteiger partial charge in [0.1, 0.15) is 0 Å². The number of benzene rings is 2. The van der Waals surface area contributed by atoms with Crippen molar-refractivity contribution in [1.29, 1.82) is 0 Å². The van der Waals surface area contributed by atoms with Gasteiger partial charge in [-0.15, -0.1) is 0 Å². The van der Waals surface area contributed by atoms with Gasteiger partial charge in [0.25, 0.3) is 5.91 Å². The Morgan fingerprint density at radius 2 is 1.81 bits per heavy atom. The van der Waals surface area contributed by atoms with E-state index in [1.54, 1.807) is 17.3 Å². The molecule has 0 bridgehead atoms. The number of aromatic nitrogens is 4. The average molecular weight is 412 g/mol. The monoisotopic (exact) mass is 411 g/mol. The van der Waals surface area contributed by atoms with Crippen LogP contribution in [-0.2, 0) is 19.4 Å². The summed E-state index contributed by atoms with van der Waals surface area (Å²) in [6.45, 7) is 0.524. The van der Waals surface area contributed by atoms with Gasteiger partial charge >= 0.3 is 0 Å². The van der Waals surface area contributed by atoms with Crippen LogP contribution in [0.2, 0.25) is 0 Å². The summed E-state index contributed by atoms with van der Waals surface area (Å²) in [5.74, 6) is 0.00897. The van der Waals surface area contributed by atoms with Gasteiger partial charge in [-0.2, -0.15) is 15.3 Å². The summed E-state index contributed by atoms with van der Waals surface area (Å²) < 4.78 is 0. The van der Waals surface area contributed by atoms with Crippen LogP contribution in [0.15, 0.2) is 54.9 Å². The molecule has 0 atom stereocenters. The number of hydrogen-bond donors (Lipinski definition) is 1. The number of aromatic amines is 1. The molecule has 0 radical (unpaired) electrons. The minimum absolute atomic E-state index is 0.00897. The molecule has 0 saturated carbocycles. The molecule has 2 aromatic heterocycles. The number of carbonyl (C=O) groups is 1. The van der Waals surface area contributed by atoms with E-state index >= 15 is 0 Å². The number of nitrogens with one attached hydrogen (secondary N) is 1. The number of carbonyl (C=O) groups excluding carboxylic acids is 1. The van der Waals surface area contributed by atoms with E-state index in [2.05, 4.69) is 38.6 Å². The van der Waals surface area contributed by atoms with Crippen LogP contribution >= 0.6 is 0 Å². The molecule has 156 valence electrons. The Hall–Kier alpha value is -3.54. The predicted octanol–water partition coefficient (Wildman–Crippen LogP) is 4.56. The van der Waals surface area contributed by atoms with Crippen molar-refractivity contribution in [2.75, 3.05) is 7.05 Å². The molecule has 2 aromatic carbocycles. The molecule has 0 fully saturated rings. The Bertz CT molecular complexity index is 1230. The summed E-state index contributed by atoms with van der Waals surface area (Å²) in [5.41, 5.74) is 6.36. The maximum absolute atomic E-state index is 13.1. The van der Waals surface area contributed by atoms with E-state index in [-0.39, 0.29) is 5.91 Å². The van der Waals surface area contributed by atoms with E-state index in [0.717, 1.165) is 40.4 Å². The second kappa shape index (κ2) is 8.30. The Labute approximate surface area is 181 Å². The highest BCUT2D eigenvalue weighted by molar-refractivity contribution is 5.99. The van der Waals surface area contributed by atoms with Crippen LogP contribution in [0.1, 0.15) is 46.6 Å². The number of nitrogens with zero attached hydrogens (tertiary/aromatic N) is 4. The molecule has 0 unspecified atom stereocenters. The molecule has 6 nitrogen and oxygen atoms in total. The zero-order valence-electron chi connectivity index (χ0n) is 17.6. The molecular formula is C25H25N5O. The average Bonchev–Trinajstić information content (AvgIpc) is 3.03. The van der Waals surface area contributed by atoms with Crippen molar-refractivity contribution < 1.29 is 4.79 Å². The minimum Gasteiger partial charge on any atom is -0.336 e. The molecule has 31 heavy (non-hydrogen) atoms. The van der Waals surface area contributed by atoms with Crippen LogP contribution < -0.4 is 0 Å². The SMILES string of the molecule is CN(Cc1n[nH]c2c1CCCCC2)C(=O)c1ccc2cc(-c3ccnnc3)ccc2c1. The first-order valence-electron chi connectivity index (χ1n) is 10.8. The van der Waals surface area contributed by atoms with E-state index in [0.29, 0.717) is 12.1 Å². The summed E-state index contributed by atoms with van der Waals surface area (Å²) in [6.07, 6.45) is 9.21. The molecule has 1 N–H and O–H groups in total. The van der Waals surface area contributed by atoms with Gasteiger partial charge in [0.2, 0.25) is 0 Å². The van der Waals surface area contributed by atoms with E-state index in [1.807, 2.05) is 31.3 Å². The lowest BCUT2D eigenvalue weighted by Crippen LogP contribution is -2.26. The van der Waals surface area contributed by atoms with Crippen molar-refractivity contribution in [1.82, 2.24) is 25.3 Å². The summed E-state index contributed by atoms with van der Waals surface area (Å²) >= 11 is 0. The van der Waals surface area contributed by atoms with E-state index < -0.39 is 0 Å². The summed E-state index contributed by atoms with van der Waals surface area (Å²) in [7, 11) is 1.85. The molecule has 0 saturated heterocycles. The zero-order valence-corrected chi connectivity index (χ0v) is 17.6. The number of aryl methyl sites for hydroxylation is 1. The highest BCUT2D eigenvalue weighted by atomic mass is 16.2. The Morgan fingerprint density at radius 3 is 2.68 bits per heavy atom. The number of hydrogen-bond acceptors (Lipinski definition) is 4. The smallest absolute Gasteiger partial charge is 0.253 e. The normalized spacial score (nSPS) is 13.6. The molecule has 0 spiro atoms. The largest absolute Gasteiger partial charge is 0.336 e. The molecule has 6 heteroatoms. The number of H-pyrrole nitrogens is 1. The molecule has 1 aliphatic carbocycles. The first-order chi connectivity index (χ1) is 15.2. The zero-order chi connectivity index (χ0) is 21.2. The van der Waals surface area contributed by atoms with Crippen molar-refractivity contribution in [2.45, 2.75) is 38.6 Å². The Balaban J connectivity index is 1.36. The summed E-state index contributed by atoms with van der Waals surface area (Å²) in [5, 5.41) is 17.6. The number of rotatable bonds is 4. The van der Waals surface area contributed by atoms with Gasteiger partial charge in [-0.1, -0.05) is 24.6 Å². The Kier molecular flexibility index (Phi) is 5.20. The van der Waals surface area contributed by atoms with E-state index in [4.69, 9.17) is 0 Å². The van der Waals surface area contributed by atoms with Crippen LogP contribution in [0, 0.1) is 0 Å². The van der Waals surface area contributed by atoms with Gasteiger partial charge in [-0.05, 0) is 71.8 Å². The topological polar surface area (TPSA) is 74.8 Å². The second-order valence-electron chi connectivity index (χ2n) is 8.26. The van der Waals surface area contributed by atoms with Gasteiger partial charge in [0.05, 0.1) is 24.6 Å². The van der Waals surface area contributed by atoms with Gasteiger partial charge < -0.3 is 4.90 Å². The van der Waals surface area contributed by atoms with Gasteiger partial charge in [-0.3, -0.25) is 9.89 Å². The lowest BCUT2D eigenvalue weighted by molar-refractivity contribution is 0.0783. The molecule has 5 rings (SSSR count). The maximum atomic E-state index is 13.1. The van der Waals surface area contributed by atoms with Crippen LogP contribution in [0.3, 0.4) is 0 Å². The van der Waals surface area contributed by atoms with Crippen molar-refractivity contribution in [3.63, 3.8) is 0 Å². The van der Waals surface area contributed by atoms with Crippen LogP contribution in [0.25, 0.3) is 21.9 Å². The van der Waals surface area contributed by atoms with E-state index in [1.165, 1.54) is 30.5 Å². The molecule has 1 aliphatic rings. The molecule has 4 aromatic rings. The molecule has 1 amide bonds. The third kappa shape index (κ3) is 3.93. The predicted molar refractivity (Wildman–Crippen MR) is 121 cm³/mol. The highest BCUT2D eigenvalue weighted by Crippen LogP contribution is 2.26. The maximum Gasteiger partial charge on any atom is 0.253 e. The van der Waals surface area contributed by atoms with Crippen molar-refractivity contribution >= 4 is 16.7 Å². The standard InChI is InChI=1S/C25H25N5O/c1-30(16-24-22-5-3-2-4-6-23(22)28-29-24)25(31)20-10-9-17-13-19(8-7-18(17)14-20)21-11-12-26-27-15-21/h7-15H,2-6,16H2,1H3,(H,28,29). The number of amides is 1. The third-order valence-corrected chi connectivity index (χ3v) is 6.13. The third-order valence-electron chi connectivity index (χ3n) is 6.13. The first kappa shape index (κ1) is 19.4. The fourth-order valence-corrected chi connectivity index (χ4v) is 4.39. The fraction of sp³-hybridized carbons (Fsp3) is 0.280. The van der Waals surface area contributed by atoms with Crippen LogP contribution in [0.5, 0.6) is 0 Å². The first-order valence-corrected chi connectivity index (χ1v) is 10.8. The minimum atomic E-state index is 0.00897. The Morgan fingerprint density at radius 1 is 0.968 bits per heavy atom. The quantitative estimate of drug-likeness (QED) is 0.500. The summed E-state index contributed by atoms with van der Waals surface area (Å²) in [4.78, 5) is 14.9. The van der Waals surface area contributed by atoms with Crippen molar-refractivity contribution in [3.05, 3.63) is 77.4 Å².